The van der Waals surface area contributed by atoms with Gasteiger partial charge >= 0.3 is 137 Å². The Balaban J connectivity index is -0.0000000189. The second-order valence-corrected chi connectivity index (χ2v) is 3.99. The van der Waals surface area contributed by atoms with Gasteiger partial charge in [0.25, 0.3) is 0 Å². The summed E-state index contributed by atoms with van der Waals surface area (Å²) in [5.41, 5.74) is 0. The van der Waals surface area contributed by atoms with Crippen molar-refractivity contribution in [2.75, 3.05) is 0 Å². The van der Waals surface area contributed by atoms with Crippen molar-refractivity contribution >= 4 is 160 Å². The molecule has 0 heterocycles. The molecular weight excluding hydrogens is 483 g/mol. The first-order chi connectivity index (χ1) is 7.41. The first-order valence-corrected chi connectivity index (χ1v) is 7.48. The van der Waals surface area contributed by atoms with Crippen LogP contribution in [0, 0.1) is 0 Å². The van der Waals surface area contributed by atoms with Crippen molar-refractivity contribution in [2.45, 2.75) is 0 Å². The summed E-state index contributed by atoms with van der Waals surface area (Å²) in [4.78, 5) is 0. The van der Waals surface area contributed by atoms with Gasteiger partial charge in [0.15, 0.2) is 0 Å². The van der Waals surface area contributed by atoms with E-state index in [4.69, 9.17) is 60.5 Å². The number of hydrogen-bond acceptors (Lipinski definition) is 13. The Morgan fingerprint density at radius 2 is 0.591 bits per heavy atom. The summed E-state index contributed by atoms with van der Waals surface area (Å²) in [5, 5.41) is 0. The molecule has 120 valence electrons. The van der Waals surface area contributed by atoms with Gasteiger partial charge in [0.05, 0.1) is 0 Å². The van der Waals surface area contributed by atoms with Crippen LogP contribution in [0.25, 0.3) is 0 Å². The van der Waals surface area contributed by atoms with E-state index in [2.05, 4.69) is 0 Å². The summed E-state index contributed by atoms with van der Waals surface area (Å²) >= 11 is -1.50. The SMILES string of the molecule is O.O=S(=O)([O-])[O-].O=S(=O)([O-])[O-].O=S(=O)([O-])[O-].[Ca+2].[Ca+2].[Ca+2].[O]=[Al][OH]. The fourth-order valence-electron chi connectivity index (χ4n) is 0. The first-order valence-electron chi connectivity index (χ1n) is 2.49. The molecule has 0 saturated carbocycles. The summed E-state index contributed by atoms with van der Waals surface area (Å²) in [6, 6.07) is 0. The Kier molecular flexibility index (Phi) is 60.7. The second kappa shape index (κ2) is 26.7. The molecule has 0 aromatic rings. The van der Waals surface area contributed by atoms with Gasteiger partial charge in [0.1, 0.15) is 0 Å². The topological polar surface area (TPSA) is 310 Å². The minimum absolute atomic E-state index is 0. The van der Waals surface area contributed by atoms with Crippen LogP contribution in [0.1, 0.15) is 0 Å². The van der Waals surface area contributed by atoms with E-state index >= 15 is 0 Å². The van der Waals surface area contributed by atoms with Gasteiger partial charge in [-0.15, -0.1) is 0 Å². The van der Waals surface area contributed by atoms with Crippen LogP contribution >= 0.6 is 0 Å². The van der Waals surface area contributed by atoms with Crippen LogP contribution in [-0.4, -0.2) is 191 Å². The number of hydrogen-bond donors (Lipinski definition) is 1. The van der Waals surface area contributed by atoms with Gasteiger partial charge in [0.2, 0.25) is 0 Å². The van der Waals surface area contributed by atoms with Crippen LogP contribution in [0.4, 0.5) is 0 Å². The fraction of sp³-hybridized carbons (Fsp3) is 0. The number of rotatable bonds is 0. The molecule has 0 aromatic heterocycles. The molecule has 0 bridgehead atoms. The maximum atomic E-state index is 8.57. The van der Waals surface area contributed by atoms with E-state index in [0.717, 1.165) is 0 Å². The molecule has 0 amide bonds. The molecule has 0 saturated heterocycles. The molecule has 3 N–H and O–H groups in total. The third kappa shape index (κ3) is 979. The normalized spacial score (nSPS) is 8.27. The van der Waals surface area contributed by atoms with Gasteiger partial charge in [-0.1, -0.05) is 0 Å². The Morgan fingerprint density at radius 1 is 0.591 bits per heavy atom. The van der Waals surface area contributed by atoms with Crippen molar-refractivity contribution in [3.8, 4) is 0 Å². The Hall–Kier alpha value is 3.48. The third-order valence-corrected chi connectivity index (χ3v) is 0. The third-order valence-electron chi connectivity index (χ3n) is 0. The van der Waals surface area contributed by atoms with E-state index in [0.29, 0.717) is 0 Å². The van der Waals surface area contributed by atoms with Gasteiger partial charge in [-0.2, -0.15) is 0 Å². The zero-order valence-corrected chi connectivity index (χ0v) is 20.4. The van der Waals surface area contributed by atoms with Crippen molar-refractivity contribution in [1.29, 1.82) is 0 Å². The first kappa shape index (κ1) is 50.0. The summed E-state index contributed by atoms with van der Waals surface area (Å²) in [6.07, 6.45) is 0. The molecule has 0 aromatic carbocycles. The molecule has 22 heteroatoms. The second-order valence-electron chi connectivity index (χ2n) is 1.33. The quantitative estimate of drug-likeness (QED) is 0.189. The van der Waals surface area contributed by atoms with E-state index in [1.807, 2.05) is 0 Å². The molecule has 0 aliphatic rings. The van der Waals surface area contributed by atoms with Gasteiger partial charge in [-0.05, 0) is 0 Å². The van der Waals surface area contributed by atoms with Crippen molar-refractivity contribution in [3.63, 3.8) is 0 Å². The average Bonchev–Trinajstić information content (AvgIpc) is 1.71. The molecule has 0 radical (unpaired) electrons. The van der Waals surface area contributed by atoms with Crippen molar-refractivity contribution in [1.82, 2.24) is 0 Å². The average molecular weight is 486 g/mol. The van der Waals surface area contributed by atoms with Crippen LogP contribution in [0.15, 0.2) is 0 Å². The summed E-state index contributed by atoms with van der Waals surface area (Å²) < 4.78 is 118. The molecular formula is H3AlCa3O15S3. The molecule has 0 spiro atoms. The monoisotopic (exact) mass is 486 g/mol. The van der Waals surface area contributed by atoms with Gasteiger partial charge in [-0.3, -0.25) is 25.3 Å². The zero-order valence-electron chi connectivity index (χ0n) is 10.2. The molecule has 22 heavy (non-hydrogen) atoms. The summed E-state index contributed by atoms with van der Waals surface area (Å²) in [5.74, 6) is 0. The molecule has 0 atom stereocenters. The van der Waals surface area contributed by atoms with E-state index < -0.39 is 46.7 Å². The van der Waals surface area contributed by atoms with E-state index in [-0.39, 0.29) is 119 Å². The maximum absolute atomic E-state index is 8.57. The van der Waals surface area contributed by atoms with Gasteiger partial charge < -0.3 is 32.8 Å². The van der Waals surface area contributed by atoms with Crippen molar-refractivity contribution < 1.29 is 66.0 Å². The van der Waals surface area contributed by atoms with E-state index in [1.165, 1.54) is 0 Å². The van der Waals surface area contributed by atoms with Crippen molar-refractivity contribution in [2.24, 2.45) is 0 Å². The zero-order chi connectivity index (χ0) is 16.2. The Labute approximate surface area is 221 Å². The predicted molar refractivity (Wildman–Crippen MR) is 61.0 cm³/mol. The van der Waals surface area contributed by atoms with Crippen LogP contribution in [0.3, 0.4) is 0 Å². The molecule has 0 aliphatic carbocycles. The van der Waals surface area contributed by atoms with Crippen LogP contribution in [0.2, 0.25) is 0 Å². The standard InChI is InChI=1S/Al.3Ca.3H2O4S.2H2O.O/c;;;;3*1-5(2,3)4;;;/h;;;;3*(H2,1,2,3,4);2*1H2;/q+1;3*+2;;;;;;/p-7. The Morgan fingerprint density at radius 3 is 0.591 bits per heavy atom. The Bertz CT molecular complexity index is 391. The minimum atomic E-state index is -5.17. The molecule has 0 unspecified atom stereocenters. The summed E-state index contributed by atoms with van der Waals surface area (Å²) in [7, 11) is -15.5. The summed E-state index contributed by atoms with van der Waals surface area (Å²) in [6.45, 7) is 0. The van der Waals surface area contributed by atoms with Crippen LogP contribution in [0.5, 0.6) is 0 Å². The van der Waals surface area contributed by atoms with Gasteiger partial charge in [-0.25, -0.2) is 0 Å². The van der Waals surface area contributed by atoms with Crippen LogP contribution < -0.4 is 0 Å². The predicted octanol–water partition coefficient (Wildman–Crippen LogP) is -7.04. The van der Waals surface area contributed by atoms with Gasteiger partial charge in [0, 0.05) is 31.2 Å². The molecule has 0 aliphatic heterocycles. The molecule has 0 fully saturated rings. The van der Waals surface area contributed by atoms with Crippen molar-refractivity contribution in [3.05, 3.63) is 0 Å². The van der Waals surface area contributed by atoms with E-state index in [1.54, 1.807) is 0 Å². The fourth-order valence-corrected chi connectivity index (χ4v) is 0. The van der Waals surface area contributed by atoms with E-state index in [9.17, 15) is 0 Å². The van der Waals surface area contributed by atoms with Crippen LogP contribution in [-0.2, 0) is 35.0 Å². The molecule has 15 nitrogen and oxygen atoms in total. The molecule has 0 rings (SSSR count).